The van der Waals surface area contributed by atoms with Gasteiger partial charge in [0, 0.05) is 9.75 Å². The zero-order valence-corrected chi connectivity index (χ0v) is 13.1. The molecule has 0 spiro atoms. The van der Waals surface area contributed by atoms with Crippen LogP contribution in [0.3, 0.4) is 0 Å². The molecule has 0 radical (unpaired) electrons. The van der Waals surface area contributed by atoms with E-state index in [4.69, 9.17) is 5.73 Å². The molecule has 21 heavy (non-hydrogen) atoms. The van der Waals surface area contributed by atoms with E-state index in [1.165, 1.54) is 15.3 Å². The summed E-state index contributed by atoms with van der Waals surface area (Å²) in [5, 5.41) is 0. The Morgan fingerprint density at radius 1 is 1.24 bits per heavy atom. The molecule has 0 aliphatic carbocycles. The molecule has 4 heteroatoms. The Bertz CT molecular complexity index is 708. The van der Waals surface area contributed by atoms with Crippen LogP contribution in [0.25, 0.3) is 0 Å². The van der Waals surface area contributed by atoms with Crippen molar-refractivity contribution in [3.05, 3.63) is 75.5 Å². The molecule has 0 aliphatic heterocycles. The lowest BCUT2D eigenvalue weighted by molar-refractivity contribution is 0.701. The first kappa shape index (κ1) is 14.0. The van der Waals surface area contributed by atoms with E-state index in [1.807, 2.05) is 42.1 Å². The maximum Gasteiger partial charge on any atom is 0.0952 e. The number of imidazole rings is 1. The van der Waals surface area contributed by atoms with Crippen molar-refractivity contribution in [1.82, 2.24) is 9.55 Å². The van der Waals surface area contributed by atoms with Crippen LogP contribution in [0.2, 0.25) is 0 Å². The van der Waals surface area contributed by atoms with Crippen LogP contribution in [0.1, 0.15) is 32.6 Å². The molecule has 1 atom stereocenters. The van der Waals surface area contributed by atoms with E-state index in [-0.39, 0.29) is 6.04 Å². The van der Waals surface area contributed by atoms with Gasteiger partial charge in [0.15, 0.2) is 0 Å². The van der Waals surface area contributed by atoms with Crippen molar-refractivity contribution >= 4 is 11.3 Å². The summed E-state index contributed by atoms with van der Waals surface area (Å²) in [6, 6.07) is 12.3. The van der Waals surface area contributed by atoms with Gasteiger partial charge in [0.1, 0.15) is 0 Å². The van der Waals surface area contributed by atoms with Gasteiger partial charge in [-0.15, -0.1) is 11.3 Å². The van der Waals surface area contributed by atoms with Crippen LogP contribution in [-0.2, 0) is 6.54 Å². The van der Waals surface area contributed by atoms with Gasteiger partial charge in [-0.1, -0.05) is 30.3 Å². The van der Waals surface area contributed by atoms with Crippen molar-refractivity contribution in [2.24, 2.45) is 5.73 Å². The summed E-state index contributed by atoms with van der Waals surface area (Å²) in [6.45, 7) is 5.14. The molecular weight excluding hydrogens is 278 g/mol. The van der Waals surface area contributed by atoms with Crippen LogP contribution in [-0.4, -0.2) is 9.55 Å². The summed E-state index contributed by atoms with van der Waals surface area (Å²) in [5.74, 6) is 0. The summed E-state index contributed by atoms with van der Waals surface area (Å²) in [4.78, 5) is 6.99. The fourth-order valence-corrected chi connectivity index (χ4v) is 3.50. The van der Waals surface area contributed by atoms with E-state index >= 15 is 0 Å². The van der Waals surface area contributed by atoms with E-state index in [9.17, 15) is 0 Å². The third-order valence-electron chi connectivity index (χ3n) is 3.77. The Morgan fingerprint density at radius 3 is 2.67 bits per heavy atom. The predicted octanol–water partition coefficient (Wildman–Crippen LogP) is 3.66. The zero-order valence-electron chi connectivity index (χ0n) is 12.3. The molecule has 3 aromatic rings. The monoisotopic (exact) mass is 297 g/mol. The Morgan fingerprint density at radius 2 is 2.00 bits per heavy atom. The molecule has 3 nitrogen and oxygen atoms in total. The van der Waals surface area contributed by atoms with Crippen molar-refractivity contribution in [3.8, 4) is 0 Å². The minimum absolute atomic E-state index is 0.143. The van der Waals surface area contributed by atoms with Crippen molar-refractivity contribution in [2.75, 3.05) is 0 Å². The lowest BCUT2D eigenvalue weighted by Gasteiger charge is -2.14. The molecule has 0 saturated heterocycles. The van der Waals surface area contributed by atoms with E-state index in [0.29, 0.717) is 0 Å². The lowest BCUT2D eigenvalue weighted by Crippen LogP contribution is -2.16. The van der Waals surface area contributed by atoms with Crippen molar-refractivity contribution in [3.63, 3.8) is 0 Å². The smallest absolute Gasteiger partial charge is 0.0952 e. The van der Waals surface area contributed by atoms with Crippen molar-refractivity contribution in [2.45, 2.75) is 26.4 Å². The Balaban J connectivity index is 1.87. The molecule has 0 fully saturated rings. The zero-order chi connectivity index (χ0) is 14.8. The van der Waals surface area contributed by atoms with Gasteiger partial charge >= 0.3 is 0 Å². The van der Waals surface area contributed by atoms with Crippen molar-refractivity contribution < 1.29 is 0 Å². The molecule has 2 heterocycles. The number of benzene rings is 1. The summed E-state index contributed by atoms with van der Waals surface area (Å²) in [6.07, 6.45) is 3.73. The number of hydrogen-bond acceptors (Lipinski definition) is 3. The summed E-state index contributed by atoms with van der Waals surface area (Å²) >= 11 is 1.84. The number of rotatable bonds is 4. The minimum atomic E-state index is -0.143. The maximum absolute atomic E-state index is 6.39. The molecule has 2 N–H and O–H groups in total. The molecule has 108 valence electrons. The van der Waals surface area contributed by atoms with Crippen LogP contribution in [0.5, 0.6) is 0 Å². The van der Waals surface area contributed by atoms with Gasteiger partial charge in [0.2, 0.25) is 0 Å². The minimum Gasteiger partial charge on any atom is -0.328 e. The second-order valence-corrected chi connectivity index (χ2v) is 6.63. The summed E-state index contributed by atoms with van der Waals surface area (Å²) in [5.41, 5.74) is 9.90. The standard InChI is InChI=1S/C17H19N3S/c1-12-8-15(21-13(12)2)10-20-11-19-9-16(20)17(18)14-6-4-3-5-7-14/h3-9,11,17H,10,18H2,1-2H3. The first-order valence-corrected chi connectivity index (χ1v) is 7.83. The van der Waals surface area contributed by atoms with Crippen LogP contribution >= 0.6 is 11.3 Å². The SMILES string of the molecule is Cc1cc(Cn2cncc2C(N)c2ccccc2)sc1C. The summed E-state index contributed by atoms with van der Waals surface area (Å²) in [7, 11) is 0. The number of nitrogens with two attached hydrogens (primary N) is 1. The molecule has 1 aromatic carbocycles. The normalized spacial score (nSPS) is 12.5. The molecule has 1 unspecified atom stereocenters. The van der Waals surface area contributed by atoms with E-state index in [2.05, 4.69) is 41.6 Å². The fourth-order valence-electron chi connectivity index (χ4n) is 2.45. The van der Waals surface area contributed by atoms with E-state index in [0.717, 1.165) is 17.8 Å². The van der Waals surface area contributed by atoms with Gasteiger partial charge < -0.3 is 10.3 Å². The number of aryl methyl sites for hydroxylation is 2. The Labute approximate surface area is 129 Å². The van der Waals surface area contributed by atoms with Gasteiger partial charge in [-0.2, -0.15) is 0 Å². The predicted molar refractivity (Wildman–Crippen MR) is 87.6 cm³/mol. The Kier molecular flexibility index (Phi) is 3.90. The highest BCUT2D eigenvalue weighted by Crippen LogP contribution is 2.24. The number of thiophene rings is 1. The first-order chi connectivity index (χ1) is 10.1. The second-order valence-electron chi connectivity index (χ2n) is 5.29. The van der Waals surface area contributed by atoms with Crippen LogP contribution in [0, 0.1) is 13.8 Å². The third kappa shape index (κ3) is 2.91. The fraction of sp³-hybridized carbons (Fsp3) is 0.235. The highest BCUT2D eigenvalue weighted by Gasteiger charge is 2.14. The van der Waals surface area contributed by atoms with E-state index in [1.54, 1.807) is 0 Å². The second kappa shape index (κ2) is 5.84. The van der Waals surface area contributed by atoms with Gasteiger partial charge in [-0.25, -0.2) is 4.98 Å². The molecule has 0 bridgehead atoms. The average molecular weight is 297 g/mol. The lowest BCUT2D eigenvalue weighted by atomic mass is 10.1. The topological polar surface area (TPSA) is 43.8 Å². The molecule has 0 aliphatic rings. The highest BCUT2D eigenvalue weighted by atomic mass is 32.1. The van der Waals surface area contributed by atoms with Crippen molar-refractivity contribution in [1.29, 1.82) is 0 Å². The average Bonchev–Trinajstić information content (AvgIpc) is 3.07. The van der Waals surface area contributed by atoms with Gasteiger partial charge in [-0.05, 0) is 31.0 Å². The molecule has 3 rings (SSSR count). The molecule has 0 saturated carbocycles. The molecule has 0 amide bonds. The number of hydrogen-bond donors (Lipinski definition) is 1. The van der Waals surface area contributed by atoms with Gasteiger partial charge in [-0.3, -0.25) is 0 Å². The molecule has 2 aromatic heterocycles. The number of nitrogens with zero attached hydrogens (tertiary/aromatic N) is 2. The van der Waals surface area contributed by atoms with Gasteiger partial charge in [0.05, 0.1) is 30.8 Å². The van der Waals surface area contributed by atoms with Crippen LogP contribution in [0.4, 0.5) is 0 Å². The maximum atomic E-state index is 6.39. The highest BCUT2D eigenvalue weighted by molar-refractivity contribution is 7.12. The quantitative estimate of drug-likeness (QED) is 0.798. The van der Waals surface area contributed by atoms with Crippen LogP contribution < -0.4 is 5.73 Å². The third-order valence-corrected chi connectivity index (χ3v) is 4.90. The number of aromatic nitrogens is 2. The van der Waals surface area contributed by atoms with Gasteiger partial charge in [0.25, 0.3) is 0 Å². The largest absolute Gasteiger partial charge is 0.328 e. The first-order valence-electron chi connectivity index (χ1n) is 7.01. The van der Waals surface area contributed by atoms with Crippen LogP contribution in [0.15, 0.2) is 48.9 Å². The molecular formula is C17H19N3S. The summed E-state index contributed by atoms with van der Waals surface area (Å²) < 4.78 is 2.14. The Hall–Kier alpha value is -1.91. The van der Waals surface area contributed by atoms with E-state index < -0.39 is 0 Å².